The highest BCUT2D eigenvalue weighted by Gasteiger charge is 2.19. The van der Waals surface area contributed by atoms with Gasteiger partial charge in [0.15, 0.2) is 5.58 Å². The van der Waals surface area contributed by atoms with Crippen LogP contribution >= 0.6 is 27.5 Å². The summed E-state index contributed by atoms with van der Waals surface area (Å²) in [6.07, 6.45) is 0. The fourth-order valence-electron chi connectivity index (χ4n) is 2.17. The molecule has 0 aliphatic rings. The first-order valence-corrected chi connectivity index (χ1v) is 8.35. The molecule has 0 spiro atoms. The third kappa shape index (κ3) is 3.41. The number of oxazole rings is 1. The van der Waals surface area contributed by atoms with Crippen LogP contribution in [0, 0.1) is 0 Å². The molecule has 0 aliphatic carbocycles. The molecule has 1 atom stereocenters. The van der Waals surface area contributed by atoms with Gasteiger partial charge in [-0.1, -0.05) is 33.6 Å². The molecule has 0 fully saturated rings. The number of alkyl halides is 1. The number of hydrogen-bond donors (Lipinski definition) is 0. The molecule has 3 rings (SSSR count). The Balaban J connectivity index is 1.94. The molecule has 0 saturated carbocycles. The van der Waals surface area contributed by atoms with Crippen molar-refractivity contribution in [2.75, 3.05) is 6.61 Å². The van der Waals surface area contributed by atoms with Crippen molar-refractivity contribution in [3.63, 3.8) is 0 Å². The topological polar surface area (TPSA) is 52.3 Å². The highest BCUT2D eigenvalue weighted by atomic mass is 79.9. The van der Waals surface area contributed by atoms with Crippen LogP contribution in [0.15, 0.2) is 46.9 Å². The van der Waals surface area contributed by atoms with Crippen molar-refractivity contribution < 1.29 is 13.9 Å². The minimum absolute atomic E-state index is 0.326. The van der Waals surface area contributed by atoms with E-state index in [-0.39, 0.29) is 5.97 Å². The van der Waals surface area contributed by atoms with Crippen LogP contribution in [-0.4, -0.2) is 17.6 Å². The molecule has 0 radical (unpaired) electrons. The van der Waals surface area contributed by atoms with Crippen molar-refractivity contribution in [1.29, 1.82) is 0 Å². The molecular weight excluding hydrogens is 382 g/mol. The molecule has 0 bridgehead atoms. The molecule has 1 unspecified atom stereocenters. The first-order valence-electron chi connectivity index (χ1n) is 7.05. The summed E-state index contributed by atoms with van der Waals surface area (Å²) in [5, 5.41) is 0.656. The standard InChI is InChI=1S/C17H13BrClNO3/c1-2-22-17(21)15(18)11-5-8-14-13(9-11)20-16(23-14)10-3-6-12(19)7-4-10/h3-9,15H,2H2,1H3. The van der Waals surface area contributed by atoms with Gasteiger partial charge in [-0.2, -0.15) is 0 Å². The van der Waals surface area contributed by atoms with E-state index in [1.165, 1.54) is 0 Å². The van der Waals surface area contributed by atoms with Gasteiger partial charge < -0.3 is 9.15 Å². The lowest BCUT2D eigenvalue weighted by molar-refractivity contribution is -0.142. The maximum absolute atomic E-state index is 11.8. The van der Waals surface area contributed by atoms with Gasteiger partial charge in [-0.05, 0) is 48.9 Å². The Kier molecular flexibility index (Phi) is 4.68. The first kappa shape index (κ1) is 16.0. The number of ether oxygens (including phenoxy) is 1. The Morgan fingerprint density at radius 1 is 1.30 bits per heavy atom. The SMILES string of the molecule is CCOC(=O)C(Br)c1ccc2oc(-c3ccc(Cl)cc3)nc2c1. The first-order chi connectivity index (χ1) is 11.1. The van der Waals surface area contributed by atoms with Crippen molar-refractivity contribution in [3.05, 3.63) is 53.1 Å². The van der Waals surface area contributed by atoms with Gasteiger partial charge in [-0.3, -0.25) is 4.79 Å². The van der Waals surface area contributed by atoms with Crippen LogP contribution in [0.5, 0.6) is 0 Å². The minimum Gasteiger partial charge on any atom is -0.465 e. The Bertz CT molecular complexity index is 845. The zero-order valence-corrected chi connectivity index (χ0v) is 14.6. The molecule has 2 aromatic carbocycles. The van der Waals surface area contributed by atoms with E-state index in [1.54, 1.807) is 25.1 Å². The summed E-state index contributed by atoms with van der Waals surface area (Å²) in [6.45, 7) is 2.12. The number of benzene rings is 2. The summed E-state index contributed by atoms with van der Waals surface area (Å²) in [7, 11) is 0. The van der Waals surface area contributed by atoms with Crippen molar-refractivity contribution in [2.24, 2.45) is 0 Å². The highest BCUT2D eigenvalue weighted by Crippen LogP contribution is 2.30. The summed E-state index contributed by atoms with van der Waals surface area (Å²) in [4.78, 5) is 15.8. The molecule has 0 aliphatic heterocycles. The summed E-state index contributed by atoms with van der Waals surface area (Å²) in [6, 6.07) is 12.7. The third-order valence-electron chi connectivity index (χ3n) is 3.29. The van der Waals surface area contributed by atoms with Crippen LogP contribution in [-0.2, 0) is 9.53 Å². The normalized spacial score (nSPS) is 12.3. The van der Waals surface area contributed by atoms with Crippen LogP contribution in [0.25, 0.3) is 22.6 Å². The smallest absolute Gasteiger partial charge is 0.324 e. The lowest BCUT2D eigenvalue weighted by atomic mass is 10.1. The van der Waals surface area contributed by atoms with Crippen LogP contribution in [0.2, 0.25) is 5.02 Å². The molecule has 118 valence electrons. The third-order valence-corrected chi connectivity index (χ3v) is 4.44. The van der Waals surface area contributed by atoms with Crippen LogP contribution in [0.3, 0.4) is 0 Å². The molecule has 1 aromatic heterocycles. The number of aromatic nitrogens is 1. The number of halogens is 2. The predicted octanol–water partition coefficient (Wildman–Crippen LogP) is 5.15. The lowest BCUT2D eigenvalue weighted by Crippen LogP contribution is -2.10. The second-order valence-electron chi connectivity index (χ2n) is 4.87. The van der Waals surface area contributed by atoms with Crippen molar-refractivity contribution in [1.82, 2.24) is 4.98 Å². The van der Waals surface area contributed by atoms with E-state index < -0.39 is 4.83 Å². The molecule has 6 heteroatoms. The van der Waals surface area contributed by atoms with Gasteiger partial charge in [0.05, 0.1) is 6.61 Å². The van der Waals surface area contributed by atoms with E-state index in [0.717, 1.165) is 11.1 Å². The Morgan fingerprint density at radius 3 is 2.74 bits per heavy atom. The Labute approximate surface area is 146 Å². The van der Waals surface area contributed by atoms with Gasteiger partial charge in [0.1, 0.15) is 10.3 Å². The number of nitrogens with zero attached hydrogens (tertiary/aromatic N) is 1. The minimum atomic E-state index is -0.525. The maximum Gasteiger partial charge on any atom is 0.324 e. The lowest BCUT2D eigenvalue weighted by Gasteiger charge is -2.08. The van der Waals surface area contributed by atoms with Gasteiger partial charge in [0.2, 0.25) is 5.89 Å². The highest BCUT2D eigenvalue weighted by molar-refractivity contribution is 9.09. The molecule has 3 aromatic rings. The molecule has 1 heterocycles. The number of carbonyl (C=O) groups is 1. The molecule has 0 N–H and O–H groups in total. The second kappa shape index (κ2) is 6.72. The average molecular weight is 395 g/mol. The van der Waals surface area contributed by atoms with Gasteiger partial charge in [0, 0.05) is 10.6 Å². The van der Waals surface area contributed by atoms with E-state index in [0.29, 0.717) is 28.6 Å². The largest absolute Gasteiger partial charge is 0.465 e. The summed E-state index contributed by atoms with van der Waals surface area (Å²) in [5.41, 5.74) is 2.95. The zero-order valence-electron chi connectivity index (χ0n) is 12.3. The predicted molar refractivity (Wildman–Crippen MR) is 92.8 cm³/mol. The van der Waals surface area contributed by atoms with E-state index in [1.807, 2.05) is 24.3 Å². The zero-order chi connectivity index (χ0) is 16.4. The Morgan fingerprint density at radius 2 is 2.04 bits per heavy atom. The average Bonchev–Trinajstić information content (AvgIpc) is 2.98. The van der Waals surface area contributed by atoms with Crippen LogP contribution in [0.4, 0.5) is 0 Å². The van der Waals surface area contributed by atoms with Gasteiger partial charge >= 0.3 is 5.97 Å². The molecule has 23 heavy (non-hydrogen) atoms. The van der Waals surface area contributed by atoms with Crippen LogP contribution < -0.4 is 0 Å². The van der Waals surface area contributed by atoms with E-state index >= 15 is 0 Å². The fraction of sp³-hybridized carbons (Fsp3) is 0.176. The molecular formula is C17H13BrClNO3. The summed E-state index contributed by atoms with van der Waals surface area (Å²) < 4.78 is 10.8. The summed E-state index contributed by atoms with van der Waals surface area (Å²) >= 11 is 9.24. The molecule has 0 amide bonds. The van der Waals surface area contributed by atoms with E-state index in [9.17, 15) is 4.79 Å². The Hall–Kier alpha value is -1.85. The number of rotatable bonds is 4. The number of fused-ring (bicyclic) bond motifs is 1. The fourth-order valence-corrected chi connectivity index (χ4v) is 2.71. The quantitative estimate of drug-likeness (QED) is 0.454. The summed E-state index contributed by atoms with van der Waals surface area (Å²) in [5.74, 6) is 0.185. The van der Waals surface area contributed by atoms with Gasteiger partial charge in [-0.15, -0.1) is 0 Å². The monoisotopic (exact) mass is 393 g/mol. The second-order valence-corrected chi connectivity index (χ2v) is 6.22. The van der Waals surface area contributed by atoms with Crippen LogP contribution in [0.1, 0.15) is 17.3 Å². The molecule has 0 saturated heterocycles. The van der Waals surface area contributed by atoms with Crippen molar-refractivity contribution in [2.45, 2.75) is 11.8 Å². The van der Waals surface area contributed by atoms with Crippen molar-refractivity contribution in [3.8, 4) is 11.5 Å². The van der Waals surface area contributed by atoms with Crippen molar-refractivity contribution >= 4 is 44.6 Å². The van der Waals surface area contributed by atoms with E-state index in [2.05, 4.69) is 20.9 Å². The number of carbonyl (C=O) groups excluding carboxylic acids is 1. The van der Waals surface area contributed by atoms with E-state index in [4.69, 9.17) is 20.8 Å². The van der Waals surface area contributed by atoms with Gasteiger partial charge in [-0.25, -0.2) is 4.98 Å². The molecule has 4 nitrogen and oxygen atoms in total. The maximum atomic E-state index is 11.8. The van der Waals surface area contributed by atoms with Gasteiger partial charge in [0.25, 0.3) is 0 Å². The number of esters is 1. The number of hydrogen-bond acceptors (Lipinski definition) is 4.